The lowest BCUT2D eigenvalue weighted by molar-refractivity contribution is 0.0535. The minimum Gasteiger partial charge on any atom is -0.496 e. The molecule has 0 spiro atoms. The van der Waals surface area contributed by atoms with Crippen LogP contribution in [0, 0.1) is 6.92 Å². The monoisotopic (exact) mass is 412 g/mol. The summed E-state index contributed by atoms with van der Waals surface area (Å²) in [6, 6.07) is 8.54. The third-order valence-corrected chi connectivity index (χ3v) is 6.52. The van der Waals surface area contributed by atoms with Gasteiger partial charge < -0.3 is 24.8 Å². The predicted molar refractivity (Wildman–Crippen MR) is 117 cm³/mol. The van der Waals surface area contributed by atoms with E-state index in [-0.39, 0.29) is 18.1 Å². The first-order valence-corrected chi connectivity index (χ1v) is 10.8. The van der Waals surface area contributed by atoms with Gasteiger partial charge in [0.2, 0.25) is 0 Å². The van der Waals surface area contributed by atoms with E-state index in [4.69, 9.17) is 9.47 Å². The van der Waals surface area contributed by atoms with Crippen LogP contribution in [0.15, 0.2) is 30.6 Å². The van der Waals surface area contributed by atoms with Gasteiger partial charge in [-0.1, -0.05) is 17.7 Å². The van der Waals surface area contributed by atoms with Crippen LogP contribution in [0.2, 0.25) is 0 Å². The average Bonchev–Trinajstić information content (AvgIpc) is 3.27. The Labute approximate surface area is 178 Å². The van der Waals surface area contributed by atoms with Gasteiger partial charge in [0.25, 0.3) is 0 Å². The van der Waals surface area contributed by atoms with Crippen molar-refractivity contribution >= 4 is 11.6 Å². The highest BCUT2D eigenvalue weighted by Gasteiger charge is 2.37. The topological polar surface area (TPSA) is 79.7 Å². The molecule has 0 saturated carbocycles. The maximum Gasteiger partial charge on any atom is 0.134 e. The quantitative estimate of drug-likeness (QED) is 0.724. The zero-order valence-electron chi connectivity index (χ0n) is 17.9. The number of anilines is 2. The first-order valence-electron chi connectivity index (χ1n) is 10.8. The Hall–Kier alpha value is -2.38. The molecule has 2 aromatic rings. The molecule has 0 radical (unpaired) electrons. The molecule has 1 unspecified atom stereocenters. The number of aliphatic hydroxyl groups excluding tert-OH is 1. The second-order valence-electron chi connectivity index (χ2n) is 8.38. The highest BCUT2D eigenvalue weighted by atomic mass is 16.5. The lowest BCUT2D eigenvalue weighted by Crippen LogP contribution is -2.40. The number of methoxy groups -OCH3 is 1. The second kappa shape index (κ2) is 9.18. The molecule has 7 heteroatoms. The van der Waals surface area contributed by atoms with E-state index in [2.05, 4.69) is 45.3 Å². The molecule has 7 nitrogen and oxygen atoms in total. The zero-order valence-corrected chi connectivity index (χ0v) is 17.9. The predicted octanol–water partition coefficient (Wildman–Crippen LogP) is 2.92. The lowest BCUT2D eigenvalue weighted by atomic mass is 9.73. The second-order valence-corrected chi connectivity index (χ2v) is 8.38. The van der Waals surface area contributed by atoms with Crippen molar-refractivity contribution in [3.8, 4) is 5.75 Å². The number of aryl methyl sites for hydroxylation is 1. The van der Waals surface area contributed by atoms with Crippen molar-refractivity contribution in [2.24, 2.45) is 0 Å². The van der Waals surface area contributed by atoms with Crippen LogP contribution in [0.3, 0.4) is 0 Å². The fourth-order valence-electron chi connectivity index (χ4n) is 4.73. The highest BCUT2D eigenvalue weighted by Crippen LogP contribution is 2.40. The summed E-state index contributed by atoms with van der Waals surface area (Å²) in [5.74, 6) is 2.61. The van der Waals surface area contributed by atoms with Gasteiger partial charge in [0, 0.05) is 43.3 Å². The molecule has 0 amide bonds. The summed E-state index contributed by atoms with van der Waals surface area (Å²) in [6.07, 6.45) is 5.54. The SMILES string of the molecule is COc1ccc(C)cc1C1(CNc2cc(N3CCCC3CO)ncn2)CCOCC1. The Balaban J connectivity index is 1.57. The van der Waals surface area contributed by atoms with Gasteiger partial charge in [-0.2, -0.15) is 0 Å². The van der Waals surface area contributed by atoms with Gasteiger partial charge in [0.05, 0.1) is 19.8 Å². The number of aliphatic hydroxyl groups is 1. The molecular weight excluding hydrogens is 380 g/mol. The van der Waals surface area contributed by atoms with Gasteiger partial charge in [-0.3, -0.25) is 0 Å². The molecule has 2 fully saturated rings. The van der Waals surface area contributed by atoms with Crippen molar-refractivity contribution in [2.75, 3.05) is 50.2 Å². The molecule has 3 heterocycles. The molecule has 1 aromatic carbocycles. The van der Waals surface area contributed by atoms with Crippen LogP contribution < -0.4 is 15.0 Å². The zero-order chi connectivity index (χ0) is 21.0. The van der Waals surface area contributed by atoms with E-state index in [0.717, 1.165) is 69.4 Å². The number of benzene rings is 1. The largest absolute Gasteiger partial charge is 0.496 e. The third kappa shape index (κ3) is 4.23. The van der Waals surface area contributed by atoms with Gasteiger partial charge in [-0.25, -0.2) is 9.97 Å². The van der Waals surface area contributed by atoms with Crippen LogP contribution >= 0.6 is 0 Å². The Bertz CT molecular complexity index is 854. The molecule has 162 valence electrons. The number of rotatable bonds is 7. The molecule has 2 N–H and O–H groups in total. The van der Waals surface area contributed by atoms with E-state index in [1.165, 1.54) is 11.1 Å². The number of hydrogen-bond donors (Lipinski definition) is 2. The summed E-state index contributed by atoms with van der Waals surface area (Å²) in [5, 5.41) is 13.2. The summed E-state index contributed by atoms with van der Waals surface area (Å²) in [5.41, 5.74) is 2.38. The van der Waals surface area contributed by atoms with Gasteiger partial charge in [0.15, 0.2) is 0 Å². The average molecular weight is 413 g/mol. The molecule has 0 aliphatic carbocycles. The lowest BCUT2D eigenvalue weighted by Gasteiger charge is -2.39. The van der Waals surface area contributed by atoms with E-state index >= 15 is 0 Å². The van der Waals surface area contributed by atoms with Gasteiger partial charge in [-0.15, -0.1) is 0 Å². The fraction of sp³-hybridized carbons (Fsp3) is 0.565. The number of ether oxygens (including phenoxy) is 2. The molecule has 2 aliphatic heterocycles. The summed E-state index contributed by atoms with van der Waals surface area (Å²) < 4.78 is 11.4. The van der Waals surface area contributed by atoms with E-state index < -0.39 is 0 Å². The van der Waals surface area contributed by atoms with Crippen LogP contribution in [0.1, 0.15) is 36.8 Å². The minimum atomic E-state index is -0.0813. The highest BCUT2D eigenvalue weighted by molar-refractivity contribution is 5.51. The summed E-state index contributed by atoms with van der Waals surface area (Å²) >= 11 is 0. The minimum absolute atomic E-state index is 0.0813. The summed E-state index contributed by atoms with van der Waals surface area (Å²) in [7, 11) is 1.74. The molecule has 4 rings (SSSR count). The molecule has 2 saturated heterocycles. The van der Waals surface area contributed by atoms with Crippen molar-refractivity contribution in [1.29, 1.82) is 0 Å². The summed E-state index contributed by atoms with van der Waals surface area (Å²) in [4.78, 5) is 11.1. The maximum absolute atomic E-state index is 9.65. The van der Waals surface area contributed by atoms with E-state index in [0.29, 0.717) is 0 Å². The van der Waals surface area contributed by atoms with Gasteiger partial charge in [0.1, 0.15) is 23.7 Å². The Kier molecular flexibility index (Phi) is 6.39. The molecule has 30 heavy (non-hydrogen) atoms. The molecule has 2 aliphatic rings. The van der Waals surface area contributed by atoms with Crippen molar-refractivity contribution in [2.45, 2.75) is 44.1 Å². The van der Waals surface area contributed by atoms with E-state index in [9.17, 15) is 5.11 Å². The Morgan fingerprint density at radius 3 is 2.87 bits per heavy atom. The van der Waals surface area contributed by atoms with Crippen LogP contribution in [0.25, 0.3) is 0 Å². The molecule has 1 atom stereocenters. The number of nitrogens with one attached hydrogen (secondary N) is 1. The summed E-state index contributed by atoms with van der Waals surface area (Å²) in [6.45, 7) is 5.41. The van der Waals surface area contributed by atoms with Crippen molar-refractivity contribution in [3.63, 3.8) is 0 Å². The maximum atomic E-state index is 9.65. The molecule has 1 aromatic heterocycles. The standard InChI is InChI=1S/C23H32N4O3/c1-17-5-6-20(29-2)19(12-17)23(7-10-30-11-8-23)15-24-21-13-22(26-16-25-21)27-9-3-4-18(27)14-28/h5-6,12-13,16,18,28H,3-4,7-11,14-15H2,1-2H3,(H,24,25,26). The smallest absolute Gasteiger partial charge is 0.134 e. The molecule has 0 bridgehead atoms. The third-order valence-electron chi connectivity index (χ3n) is 6.52. The number of nitrogens with zero attached hydrogens (tertiary/aromatic N) is 3. The van der Waals surface area contributed by atoms with Gasteiger partial charge >= 0.3 is 0 Å². The van der Waals surface area contributed by atoms with Crippen molar-refractivity contribution < 1.29 is 14.6 Å². The Morgan fingerprint density at radius 2 is 2.10 bits per heavy atom. The Morgan fingerprint density at radius 1 is 1.27 bits per heavy atom. The van der Waals surface area contributed by atoms with Crippen LogP contribution in [-0.4, -0.2) is 61.1 Å². The normalized spacial score (nSPS) is 20.9. The van der Waals surface area contributed by atoms with E-state index in [1.807, 2.05) is 6.07 Å². The fourth-order valence-corrected chi connectivity index (χ4v) is 4.73. The van der Waals surface area contributed by atoms with Crippen LogP contribution in [-0.2, 0) is 10.2 Å². The van der Waals surface area contributed by atoms with E-state index in [1.54, 1.807) is 13.4 Å². The molecular formula is C23H32N4O3. The van der Waals surface area contributed by atoms with Crippen LogP contribution in [0.5, 0.6) is 5.75 Å². The van der Waals surface area contributed by atoms with Crippen LogP contribution in [0.4, 0.5) is 11.6 Å². The number of aromatic nitrogens is 2. The van der Waals surface area contributed by atoms with Gasteiger partial charge in [-0.05, 0) is 38.7 Å². The van der Waals surface area contributed by atoms with Crippen molar-refractivity contribution in [1.82, 2.24) is 9.97 Å². The van der Waals surface area contributed by atoms with Crippen molar-refractivity contribution in [3.05, 3.63) is 41.7 Å². The number of hydrogen-bond acceptors (Lipinski definition) is 7. The first kappa shape index (κ1) is 20.9. The first-order chi connectivity index (χ1) is 14.6.